The molecule has 0 fully saturated rings. The van der Waals surface area contributed by atoms with E-state index >= 15 is 0 Å². The van der Waals surface area contributed by atoms with Crippen molar-refractivity contribution >= 4 is 27.6 Å². The maximum atomic E-state index is 13.5. The predicted molar refractivity (Wildman–Crippen MR) is 75.2 cm³/mol. The number of nitrogens with one attached hydrogen (secondary N) is 2. The number of rotatable bonds is 4. The Morgan fingerprint density at radius 1 is 1.16 bits per heavy atom. The van der Waals surface area contributed by atoms with Crippen molar-refractivity contribution in [2.45, 2.75) is 6.54 Å². The minimum absolute atomic E-state index is 0.0122. The van der Waals surface area contributed by atoms with Crippen molar-refractivity contribution < 1.29 is 8.78 Å². The van der Waals surface area contributed by atoms with E-state index < -0.39 is 11.6 Å². The van der Waals surface area contributed by atoms with E-state index in [2.05, 4.69) is 31.5 Å². The minimum Gasteiger partial charge on any atom is -0.371 e. The normalized spacial score (nSPS) is 10.3. The summed E-state index contributed by atoms with van der Waals surface area (Å²) in [6, 6.07) is 8.40. The molecule has 0 saturated heterocycles. The summed E-state index contributed by atoms with van der Waals surface area (Å²) in [6.07, 6.45) is 0. The Hall–Kier alpha value is -1.69. The monoisotopic (exact) mass is 327 g/mol. The second-order valence-electron chi connectivity index (χ2n) is 3.88. The molecule has 100 valence electrons. The van der Waals surface area contributed by atoms with Gasteiger partial charge < -0.3 is 10.6 Å². The molecular weight excluding hydrogens is 316 g/mol. The van der Waals surface area contributed by atoms with Crippen LogP contribution in [0.3, 0.4) is 0 Å². The number of anilines is 2. The molecule has 0 unspecified atom stereocenters. The molecule has 6 heteroatoms. The average Bonchev–Trinajstić information content (AvgIpc) is 2.38. The highest BCUT2D eigenvalue weighted by atomic mass is 79.9. The van der Waals surface area contributed by atoms with Gasteiger partial charge in [-0.15, -0.1) is 0 Å². The molecule has 19 heavy (non-hydrogen) atoms. The summed E-state index contributed by atoms with van der Waals surface area (Å²) < 4.78 is 27.7. The van der Waals surface area contributed by atoms with Gasteiger partial charge in [0.2, 0.25) is 0 Å². The summed E-state index contributed by atoms with van der Waals surface area (Å²) in [5, 5.41) is 5.41. The molecule has 0 spiro atoms. The van der Waals surface area contributed by atoms with Gasteiger partial charge >= 0.3 is 0 Å². The number of hydrogen-bond donors (Lipinski definition) is 2. The first-order valence-electron chi connectivity index (χ1n) is 5.62. The molecule has 0 aliphatic carbocycles. The van der Waals surface area contributed by atoms with E-state index in [1.165, 1.54) is 7.05 Å². The molecule has 0 bridgehead atoms. The maximum absolute atomic E-state index is 13.5. The zero-order valence-corrected chi connectivity index (χ0v) is 11.8. The van der Waals surface area contributed by atoms with Crippen molar-refractivity contribution in [2.75, 3.05) is 17.7 Å². The van der Waals surface area contributed by atoms with Crippen molar-refractivity contribution in [2.24, 2.45) is 0 Å². The Morgan fingerprint density at radius 3 is 2.58 bits per heavy atom. The molecule has 0 amide bonds. The molecule has 2 rings (SSSR count). The van der Waals surface area contributed by atoms with Gasteiger partial charge in [-0.05, 0) is 17.7 Å². The Bertz CT molecular complexity index is 590. The lowest BCUT2D eigenvalue weighted by molar-refractivity contribution is 0.578. The fourth-order valence-electron chi connectivity index (χ4n) is 1.60. The van der Waals surface area contributed by atoms with Crippen molar-refractivity contribution in [1.29, 1.82) is 0 Å². The van der Waals surface area contributed by atoms with Gasteiger partial charge in [-0.25, -0.2) is 13.8 Å². The second-order valence-corrected chi connectivity index (χ2v) is 4.80. The van der Waals surface area contributed by atoms with E-state index in [4.69, 9.17) is 0 Å². The van der Waals surface area contributed by atoms with E-state index in [1.807, 2.05) is 24.3 Å². The minimum atomic E-state index is -0.716. The lowest BCUT2D eigenvalue weighted by Crippen LogP contribution is -2.07. The lowest BCUT2D eigenvalue weighted by Gasteiger charge is -2.09. The summed E-state index contributed by atoms with van der Waals surface area (Å²) in [6.45, 7) is 0.401. The SMILES string of the molecule is CNc1nc(NCc2cccc(Br)c2)c(F)cc1F. The van der Waals surface area contributed by atoms with Gasteiger partial charge in [0.1, 0.15) is 0 Å². The van der Waals surface area contributed by atoms with Crippen molar-refractivity contribution in [3.05, 3.63) is 52.0 Å². The van der Waals surface area contributed by atoms with E-state index in [0.29, 0.717) is 6.54 Å². The first-order chi connectivity index (χ1) is 9.10. The summed E-state index contributed by atoms with van der Waals surface area (Å²) in [5.41, 5.74) is 0.964. The summed E-state index contributed by atoms with van der Waals surface area (Å²) in [7, 11) is 1.53. The highest BCUT2D eigenvalue weighted by molar-refractivity contribution is 9.10. The number of halogens is 3. The van der Waals surface area contributed by atoms with E-state index in [9.17, 15) is 8.78 Å². The van der Waals surface area contributed by atoms with Crippen LogP contribution < -0.4 is 10.6 Å². The van der Waals surface area contributed by atoms with Crippen LogP contribution in [0.2, 0.25) is 0 Å². The number of benzene rings is 1. The fraction of sp³-hybridized carbons (Fsp3) is 0.154. The van der Waals surface area contributed by atoms with Crippen LogP contribution in [0.15, 0.2) is 34.8 Å². The van der Waals surface area contributed by atoms with Crippen molar-refractivity contribution in [3.8, 4) is 0 Å². The number of aromatic nitrogens is 1. The Balaban J connectivity index is 2.15. The molecule has 0 aliphatic heterocycles. The topological polar surface area (TPSA) is 37.0 Å². The van der Waals surface area contributed by atoms with E-state index in [1.54, 1.807) is 0 Å². The molecule has 0 aliphatic rings. The lowest BCUT2D eigenvalue weighted by atomic mass is 10.2. The molecule has 1 aromatic heterocycles. The maximum Gasteiger partial charge on any atom is 0.168 e. The molecule has 0 radical (unpaired) electrons. The van der Waals surface area contributed by atoms with E-state index in [-0.39, 0.29) is 11.6 Å². The van der Waals surface area contributed by atoms with Crippen LogP contribution in [0.4, 0.5) is 20.4 Å². The molecular formula is C13H12BrF2N3. The Morgan fingerprint density at radius 2 is 1.89 bits per heavy atom. The summed E-state index contributed by atoms with van der Waals surface area (Å²) in [5.74, 6) is -1.40. The van der Waals surface area contributed by atoms with Crippen LogP contribution >= 0.6 is 15.9 Å². The van der Waals surface area contributed by atoms with Crippen LogP contribution in [-0.4, -0.2) is 12.0 Å². The van der Waals surface area contributed by atoms with Gasteiger partial charge in [0.15, 0.2) is 23.3 Å². The zero-order valence-electron chi connectivity index (χ0n) is 10.2. The largest absolute Gasteiger partial charge is 0.371 e. The third-order valence-corrected chi connectivity index (χ3v) is 3.01. The van der Waals surface area contributed by atoms with E-state index in [0.717, 1.165) is 16.1 Å². The third-order valence-electron chi connectivity index (χ3n) is 2.52. The predicted octanol–water partition coefficient (Wildman–Crippen LogP) is 3.78. The van der Waals surface area contributed by atoms with Gasteiger partial charge in [-0.1, -0.05) is 28.1 Å². The van der Waals surface area contributed by atoms with Crippen LogP contribution in [0.1, 0.15) is 5.56 Å². The molecule has 3 nitrogen and oxygen atoms in total. The standard InChI is InChI=1S/C13H12BrF2N3/c1-17-12-10(15)6-11(16)13(19-12)18-7-8-3-2-4-9(14)5-8/h2-6H,7H2,1H3,(H2,17,18,19). The second kappa shape index (κ2) is 5.97. The quantitative estimate of drug-likeness (QED) is 0.897. The highest BCUT2D eigenvalue weighted by Gasteiger charge is 2.10. The first kappa shape index (κ1) is 13.7. The van der Waals surface area contributed by atoms with Gasteiger partial charge in [0.25, 0.3) is 0 Å². The Kier molecular flexibility index (Phi) is 4.31. The van der Waals surface area contributed by atoms with Gasteiger partial charge in [-0.2, -0.15) is 0 Å². The van der Waals surface area contributed by atoms with Gasteiger partial charge in [0, 0.05) is 24.1 Å². The molecule has 2 aromatic rings. The molecule has 0 saturated carbocycles. The fourth-order valence-corrected chi connectivity index (χ4v) is 2.05. The first-order valence-corrected chi connectivity index (χ1v) is 6.41. The summed E-state index contributed by atoms with van der Waals surface area (Å²) >= 11 is 3.36. The smallest absolute Gasteiger partial charge is 0.168 e. The number of pyridine rings is 1. The van der Waals surface area contributed by atoms with Crippen LogP contribution in [0, 0.1) is 11.6 Å². The zero-order chi connectivity index (χ0) is 13.8. The average molecular weight is 328 g/mol. The van der Waals surface area contributed by atoms with Gasteiger partial charge in [-0.3, -0.25) is 0 Å². The number of hydrogen-bond acceptors (Lipinski definition) is 3. The molecule has 1 aromatic carbocycles. The Labute approximate surface area is 118 Å². The van der Waals surface area contributed by atoms with Crippen molar-refractivity contribution in [3.63, 3.8) is 0 Å². The van der Waals surface area contributed by atoms with Crippen molar-refractivity contribution in [1.82, 2.24) is 4.98 Å². The van der Waals surface area contributed by atoms with Crippen LogP contribution in [0.5, 0.6) is 0 Å². The molecule has 0 atom stereocenters. The van der Waals surface area contributed by atoms with Crippen LogP contribution in [0.25, 0.3) is 0 Å². The molecule has 2 N–H and O–H groups in total. The third kappa shape index (κ3) is 3.41. The van der Waals surface area contributed by atoms with Gasteiger partial charge in [0.05, 0.1) is 0 Å². The highest BCUT2D eigenvalue weighted by Crippen LogP contribution is 2.19. The summed E-state index contributed by atoms with van der Waals surface area (Å²) in [4.78, 5) is 3.84. The van der Waals surface area contributed by atoms with Crippen LogP contribution in [-0.2, 0) is 6.54 Å². The molecule has 1 heterocycles. The number of nitrogens with zero attached hydrogens (tertiary/aromatic N) is 1.